The smallest absolute Gasteiger partial charge is 0.462 e. The van der Waals surface area contributed by atoms with E-state index < -0.39 is 97.5 Å². The van der Waals surface area contributed by atoms with Crippen molar-refractivity contribution in [3.63, 3.8) is 0 Å². The normalized spacial score (nSPS) is 14.6. The van der Waals surface area contributed by atoms with Crippen LogP contribution in [0.2, 0.25) is 0 Å². The van der Waals surface area contributed by atoms with Crippen LogP contribution in [0.25, 0.3) is 0 Å². The Morgan fingerprint density at radius 3 is 0.807 bits per heavy atom. The summed E-state index contributed by atoms with van der Waals surface area (Å²) < 4.78 is 68.2. The SMILES string of the molecule is CCC(C)CCCCCCCCCCCCC(=O)O[C@H](COC(=O)CCCCCCCCC(C)C)COP(=O)(O)OC[C@H](O)COP(=O)(O)OC[C@@H](COC(=O)CCCCCCCCCCCCCCCC(C)C)OC(=O)CCCCCCCCC(C)C. The second-order valence-electron chi connectivity index (χ2n) is 26.6. The third kappa shape index (κ3) is 61.6. The minimum atomic E-state index is -4.95. The molecule has 88 heavy (non-hydrogen) atoms. The second-order valence-corrected chi connectivity index (χ2v) is 29.5. The molecule has 0 aliphatic carbocycles. The van der Waals surface area contributed by atoms with Crippen LogP contribution < -0.4 is 0 Å². The summed E-state index contributed by atoms with van der Waals surface area (Å²) in [6, 6.07) is 0. The van der Waals surface area contributed by atoms with Crippen molar-refractivity contribution in [2.24, 2.45) is 23.7 Å². The quantitative estimate of drug-likeness (QED) is 0.0222. The Balaban J connectivity index is 5.19. The second kappa shape index (κ2) is 58.8. The fourth-order valence-corrected chi connectivity index (χ4v) is 11.9. The van der Waals surface area contributed by atoms with Crippen molar-refractivity contribution in [2.45, 2.75) is 356 Å². The van der Waals surface area contributed by atoms with Gasteiger partial charge in [-0.05, 0) is 49.4 Å². The van der Waals surface area contributed by atoms with Crippen LogP contribution in [0.15, 0.2) is 0 Å². The Labute approximate surface area is 537 Å². The van der Waals surface area contributed by atoms with Crippen molar-refractivity contribution in [2.75, 3.05) is 39.6 Å². The van der Waals surface area contributed by atoms with Gasteiger partial charge in [-0.1, -0.05) is 287 Å². The van der Waals surface area contributed by atoms with Gasteiger partial charge in [-0.2, -0.15) is 0 Å². The van der Waals surface area contributed by atoms with E-state index in [0.717, 1.165) is 108 Å². The summed E-state index contributed by atoms with van der Waals surface area (Å²) in [7, 11) is -9.90. The van der Waals surface area contributed by atoms with Gasteiger partial charge in [0.2, 0.25) is 0 Å². The Kier molecular flexibility index (Phi) is 57.6. The lowest BCUT2D eigenvalue weighted by Crippen LogP contribution is -2.30. The number of aliphatic hydroxyl groups is 1. The van der Waals surface area contributed by atoms with Gasteiger partial charge in [-0.15, -0.1) is 0 Å². The zero-order valence-corrected chi connectivity index (χ0v) is 59.1. The van der Waals surface area contributed by atoms with Gasteiger partial charge in [0.25, 0.3) is 0 Å². The Hall–Kier alpha value is -1.94. The van der Waals surface area contributed by atoms with Crippen LogP contribution in [0, 0.1) is 23.7 Å². The Morgan fingerprint density at radius 1 is 0.318 bits per heavy atom. The van der Waals surface area contributed by atoms with Crippen molar-refractivity contribution in [3.05, 3.63) is 0 Å². The molecule has 0 fully saturated rings. The standard InChI is InChI=1S/C69H134O17P2/c1-9-62(8)48-40-32-22-18-15-16-20-24-35-43-51-68(73)85-64(56-80-67(72)50-42-34-27-25-30-38-46-60(4)5)57-83-87(75,76)81-53-63(70)54-82-88(77,78)84-58-65(86-69(74)52-44-36-28-26-31-39-47-61(6)7)55-79-66(71)49-41-33-23-19-14-12-10-11-13-17-21-29-37-45-59(2)3/h59-65,70H,9-58H2,1-8H3,(H,75,76)(H,77,78)/t62?,63-,64+,65+/m0/s1. The highest BCUT2D eigenvalue weighted by molar-refractivity contribution is 7.47. The maximum Gasteiger partial charge on any atom is 0.472 e. The highest BCUT2D eigenvalue weighted by Gasteiger charge is 2.30. The molecule has 0 aliphatic rings. The molecule has 0 amide bonds. The van der Waals surface area contributed by atoms with E-state index in [1.807, 2.05) is 0 Å². The summed E-state index contributed by atoms with van der Waals surface area (Å²) in [4.78, 5) is 72.4. The number of carbonyl (C=O) groups excluding carboxylic acids is 4. The van der Waals surface area contributed by atoms with Crippen molar-refractivity contribution < 1.29 is 80.2 Å². The van der Waals surface area contributed by atoms with Gasteiger partial charge in [0.1, 0.15) is 19.3 Å². The highest BCUT2D eigenvalue weighted by Crippen LogP contribution is 2.45. The van der Waals surface area contributed by atoms with Gasteiger partial charge in [0.05, 0.1) is 26.4 Å². The summed E-state index contributed by atoms with van der Waals surface area (Å²) in [5.41, 5.74) is 0. The third-order valence-corrected chi connectivity index (χ3v) is 18.1. The molecule has 0 heterocycles. The molecule has 17 nitrogen and oxygen atoms in total. The molecule has 3 unspecified atom stereocenters. The number of ether oxygens (including phenoxy) is 4. The van der Waals surface area contributed by atoms with E-state index in [1.54, 1.807) is 0 Å². The van der Waals surface area contributed by atoms with Gasteiger partial charge in [0, 0.05) is 25.7 Å². The van der Waals surface area contributed by atoms with E-state index in [2.05, 4.69) is 55.4 Å². The van der Waals surface area contributed by atoms with E-state index in [-0.39, 0.29) is 25.7 Å². The first-order chi connectivity index (χ1) is 42.1. The maximum atomic E-state index is 13.0. The number of hydrogen-bond donors (Lipinski definition) is 3. The number of phosphoric ester groups is 2. The average Bonchev–Trinajstić information content (AvgIpc) is 3.57. The largest absolute Gasteiger partial charge is 0.472 e. The molecule has 0 aromatic carbocycles. The minimum absolute atomic E-state index is 0.102. The predicted molar refractivity (Wildman–Crippen MR) is 354 cm³/mol. The number of rotatable bonds is 66. The van der Waals surface area contributed by atoms with E-state index in [9.17, 15) is 43.2 Å². The number of esters is 4. The maximum absolute atomic E-state index is 13.0. The molecule has 3 N–H and O–H groups in total. The van der Waals surface area contributed by atoms with Crippen molar-refractivity contribution in [3.8, 4) is 0 Å². The summed E-state index contributed by atoms with van der Waals surface area (Å²) >= 11 is 0. The molecule has 0 saturated heterocycles. The zero-order valence-electron chi connectivity index (χ0n) is 57.3. The molecule has 19 heteroatoms. The van der Waals surface area contributed by atoms with Gasteiger partial charge in [0.15, 0.2) is 12.2 Å². The van der Waals surface area contributed by atoms with Gasteiger partial charge in [-0.25, -0.2) is 9.13 Å². The third-order valence-electron chi connectivity index (χ3n) is 16.2. The summed E-state index contributed by atoms with van der Waals surface area (Å²) in [6.07, 6.45) is 40.6. The lowest BCUT2D eigenvalue weighted by atomic mass is 9.99. The molecule has 0 aliphatic heterocycles. The van der Waals surface area contributed by atoms with Crippen LogP contribution >= 0.6 is 15.6 Å². The Bertz CT molecular complexity index is 1750. The van der Waals surface area contributed by atoms with Crippen molar-refractivity contribution >= 4 is 39.5 Å². The molecule has 0 saturated carbocycles. The molecule has 0 spiro atoms. The number of carbonyl (C=O) groups is 4. The molecule has 0 rings (SSSR count). The number of hydrogen-bond acceptors (Lipinski definition) is 15. The molecule has 0 bridgehead atoms. The number of phosphoric acid groups is 2. The number of unbranched alkanes of at least 4 members (excludes halogenated alkanes) is 31. The average molecular weight is 1300 g/mol. The fourth-order valence-electron chi connectivity index (χ4n) is 10.3. The van der Waals surface area contributed by atoms with Crippen LogP contribution in [0.5, 0.6) is 0 Å². The van der Waals surface area contributed by atoms with Crippen LogP contribution in [0.4, 0.5) is 0 Å². The molecular weight excluding hydrogens is 1160 g/mol. The molecular formula is C69H134O17P2. The van der Waals surface area contributed by atoms with Crippen LogP contribution in [-0.4, -0.2) is 96.7 Å². The zero-order chi connectivity index (χ0) is 65.4. The molecule has 0 radical (unpaired) electrons. The molecule has 0 aromatic rings. The highest BCUT2D eigenvalue weighted by atomic mass is 31.2. The van der Waals surface area contributed by atoms with E-state index in [0.29, 0.717) is 37.5 Å². The first-order valence-corrected chi connectivity index (χ1v) is 38.7. The minimum Gasteiger partial charge on any atom is -0.462 e. The lowest BCUT2D eigenvalue weighted by Gasteiger charge is -2.21. The molecule has 6 atom stereocenters. The first kappa shape index (κ1) is 86.1. The van der Waals surface area contributed by atoms with Gasteiger partial charge < -0.3 is 33.8 Å². The van der Waals surface area contributed by atoms with Crippen LogP contribution in [0.3, 0.4) is 0 Å². The van der Waals surface area contributed by atoms with E-state index in [1.165, 1.54) is 135 Å². The van der Waals surface area contributed by atoms with Crippen molar-refractivity contribution in [1.82, 2.24) is 0 Å². The first-order valence-electron chi connectivity index (χ1n) is 35.7. The molecule has 0 aromatic heterocycles. The monoisotopic (exact) mass is 1300 g/mol. The summed E-state index contributed by atoms with van der Waals surface area (Å²) in [5.74, 6) is 0.806. The van der Waals surface area contributed by atoms with Gasteiger partial charge >= 0.3 is 39.5 Å². The Morgan fingerprint density at radius 2 is 0.545 bits per heavy atom. The van der Waals surface area contributed by atoms with Gasteiger partial charge in [-0.3, -0.25) is 37.3 Å². The molecule has 522 valence electrons. The van der Waals surface area contributed by atoms with E-state index >= 15 is 0 Å². The lowest BCUT2D eigenvalue weighted by molar-refractivity contribution is -0.161. The fraction of sp³-hybridized carbons (Fsp3) is 0.942. The topological polar surface area (TPSA) is 237 Å². The van der Waals surface area contributed by atoms with Crippen LogP contribution in [0.1, 0.15) is 338 Å². The number of aliphatic hydroxyl groups excluding tert-OH is 1. The van der Waals surface area contributed by atoms with E-state index in [4.69, 9.17) is 37.0 Å². The van der Waals surface area contributed by atoms with Crippen molar-refractivity contribution in [1.29, 1.82) is 0 Å². The summed E-state index contributed by atoms with van der Waals surface area (Å²) in [5, 5.41) is 10.6. The predicted octanol–water partition coefficient (Wildman–Crippen LogP) is 19.3. The van der Waals surface area contributed by atoms with Crippen LogP contribution in [-0.2, 0) is 65.4 Å². The summed E-state index contributed by atoms with van der Waals surface area (Å²) in [6.45, 7) is 14.0.